The van der Waals surface area contributed by atoms with Crippen LogP contribution in [0.15, 0.2) is 54.7 Å². The molecule has 2 heterocycles. The Bertz CT molecular complexity index is 901. The summed E-state index contributed by atoms with van der Waals surface area (Å²) < 4.78 is 7.45. The second kappa shape index (κ2) is 7.87. The van der Waals surface area contributed by atoms with Crippen LogP contribution in [0.5, 0.6) is 5.75 Å². The highest BCUT2D eigenvalue weighted by Crippen LogP contribution is 2.19. The first-order valence-electron chi connectivity index (χ1n) is 8.57. The standard InChI is InChI=1S/C21H23N3O2/c1-15-12-19(16(2)24(15)14-18-9-6-7-11-22-18)21(25)23-13-17-8-4-5-10-20(17)26-3/h4-12H,13-14H2,1-3H3,(H,23,25). The number of amides is 1. The van der Waals surface area contributed by atoms with E-state index in [1.54, 1.807) is 13.3 Å². The average molecular weight is 349 g/mol. The van der Waals surface area contributed by atoms with Gasteiger partial charge in [0.15, 0.2) is 0 Å². The number of aromatic nitrogens is 2. The van der Waals surface area contributed by atoms with Gasteiger partial charge in [0.25, 0.3) is 5.91 Å². The molecule has 1 aromatic carbocycles. The van der Waals surface area contributed by atoms with Crippen molar-refractivity contribution in [3.63, 3.8) is 0 Å². The van der Waals surface area contributed by atoms with Crippen molar-refractivity contribution in [1.82, 2.24) is 14.9 Å². The molecule has 3 rings (SSSR count). The number of methoxy groups -OCH3 is 1. The molecule has 0 radical (unpaired) electrons. The van der Waals surface area contributed by atoms with E-state index in [9.17, 15) is 4.79 Å². The van der Waals surface area contributed by atoms with E-state index in [1.165, 1.54) is 0 Å². The van der Waals surface area contributed by atoms with E-state index in [-0.39, 0.29) is 5.91 Å². The minimum atomic E-state index is -0.0868. The van der Waals surface area contributed by atoms with Gasteiger partial charge in [0.05, 0.1) is 24.9 Å². The average Bonchev–Trinajstić information content (AvgIpc) is 2.95. The Morgan fingerprint density at radius 1 is 1.15 bits per heavy atom. The molecule has 5 nitrogen and oxygen atoms in total. The van der Waals surface area contributed by atoms with Crippen LogP contribution in [0.4, 0.5) is 0 Å². The largest absolute Gasteiger partial charge is 0.496 e. The molecule has 26 heavy (non-hydrogen) atoms. The molecule has 1 amide bonds. The summed E-state index contributed by atoms with van der Waals surface area (Å²) in [7, 11) is 1.63. The van der Waals surface area contributed by atoms with E-state index in [1.807, 2.05) is 62.4 Å². The fourth-order valence-corrected chi connectivity index (χ4v) is 3.05. The number of benzene rings is 1. The minimum Gasteiger partial charge on any atom is -0.496 e. The molecule has 134 valence electrons. The van der Waals surface area contributed by atoms with Crippen molar-refractivity contribution in [2.24, 2.45) is 0 Å². The van der Waals surface area contributed by atoms with E-state index < -0.39 is 0 Å². The van der Waals surface area contributed by atoms with Crippen molar-refractivity contribution in [3.05, 3.63) is 82.9 Å². The highest BCUT2D eigenvalue weighted by atomic mass is 16.5. The van der Waals surface area contributed by atoms with Gasteiger partial charge in [-0.1, -0.05) is 24.3 Å². The summed E-state index contributed by atoms with van der Waals surface area (Å²) in [5, 5.41) is 2.99. The quantitative estimate of drug-likeness (QED) is 0.741. The van der Waals surface area contributed by atoms with Crippen LogP contribution in [0, 0.1) is 13.8 Å². The van der Waals surface area contributed by atoms with E-state index in [2.05, 4.69) is 14.9 Å². The number of carbonyl (C=O) groups excluding carboxylic acids is 1. The zero-order valence-electron chi connectivity index (χ0n) is 15.3. The second-order valence-electron chi connectivity index (χ2n) is 6.19. The van der Waals surface area contributed by atoms with Crippen molar-refractivity contribution in [3.8, 4) is 5.75 Å². The number of pyridine rings is 1. The van der Waals surface area contributed by atoms with Gasteiger partial charge in [-0.2, -0.15) is 0 Å². The van der Waals surface area contributed by atoms with Gasteiger partial charge >= 0.3 is 0 Å². The Labute approximate surface area is 153 Å². The molecule has 0 atom stereocenters. The summed E-state index contributed by atoms with van der Waals surface area (Å²) in [6.07, 6.45) is 1.78. The number of hydrogen-bond donors (Lipinski definition) is 1. The van der Waals surface area contributed by atoms with Crippen LogP contribution < -0.4 is 10.1 Å². The van der Waals surface area contributed by atoms with Gasteiger partial charge in [-0.15, -0.1) is 0 Å². The number of carbonyl (C=O) groups is 1. The van der Waals surface area contributed by atoms with E-state index in [0.717, 1.165) is 28.4 Å². The van der Waals surface area contributed by atoms with Crippen molar-refractivity contribution in [1.29, 1.82) is 0 Å². The summed E-state index contributed by atoms with van der Waals surface area (Å²) in [5.41, 5.74) is 4.58. The highest BCUT2D eigenvalue weighted by Gasteiger charge is 2.16. The van der Waals surface area contributed by atoms with Crippen LogP contribution in [0.3, 0.4) is 0 Å². The van der Waals surface area contributed by atoms with E-state index >= 15 is 0 Å². The number of nitrogens with one attached hydrogen (secondary N) is 1. The molecule has 2 aromatic heterocycles. The molecule has 0 saturated heterocycles. The minimum absolute atomic E-state index is 0.0868. The van der Waals surface area contributed by atoms with Crippen molar-refractivity contribution < 1.29 is 9.53 Å². The molecule has 0 saturated carbocycles. The van der Waals surface area contributed by atoms with Gasteiger partial charge in [-0.05, 0) is 38.1 Å². The Hall–Kier alpha value is -3.08. The number of aryl methyl sites for hydroxylation is 1. The molecule has 0 bridgehead atoms. The highest BCUT2D eigenvalue weighted by molar-refractivity contribution is 5.95. The predicted molar refractivity (Wildman–Crippen MR) is 101 cm³/mol. The van der Waals surface area contributed by atoms with Crippen LogP contribution in [0.25, 0.3) is 0 Å². The van der Waals surface area contributed by atoms with Crippen LogP contribution >= 0.6 is 0 Å². The summed E-state index contributed by atoms with van der Waals surface area (Å²) in [5.74, 6) is 0.685. The molecule has 0 unspecified atom stereocenters. The third-order valence-corrected chi connectivity index (χ3v) is 4.50. The smallest absolute Gasteiger partial charge is 0.253 e. The number of rotatable bonds is 6. The third-order valence-electron chi connectivity index (χ3n) is 4.50. The normalized spacial score (nSPS) is 10.6. The molecular formula is C21H23N3O2. The lowest BCUT2D eigenvalue weighted by atomic mass is 10.2. The first-order chi connectivity index (χ1) is 12.6. The monoisotopic (exact) mass is 349 g/mol. The fraction of sp³-hybridized carbons (Fsp3) is 0.238. The summed E-state index contributed by atoms with van der Waals surface area (Å²) in [4.78, 5) is 17.0. The SMILES string of the molecule is COc1ccccc1CNC(=O)c1cc(C)n(Cc2ccccn2)c1C. The van der Waals surface area contributed by atoms with Gasteiger partial charge < -0.3 is 14.6 Å². The van der Waals surface area contributed by atoms with E-state index in [0.29, 0.717) is 18.7 Å². The molecular weight excluding hydrogens is 326 g/mol. The lowest BCUT2D eigenvalue weighted by Gasteiger charge is -2.11. The lowest BCUT2D eigenvalue weighted by molar-refractivity contribution is 0.0950. The maximum absolute atomic E-state index is 12.7. The first-order valence-corrected chi connectivity index (χ1v) is 8.57. The maximum Gasteiger partial charge on any atom is 0.253 e. The predicted octanol–water partition coefficient (Wildman–Crippen LogP) is 3.49. The maximum atomic E-state index is 12.7. The Balaban J connectivity index is 1.75. The molecule has 3 aromatic rings. The fourth-order valence-electron chi connectivity index (χ4n) is 3.05. The Kier molecular flexibility index (Phi) is 5.37. The van der Waals surface area contributed by atoms with Crippen molar-refractivity contribution in [2.75, 3.05) is 7.11 Å². The number of ether oxygens (including phenoxy) is 1. The lowest BCUT2D eigenvalue weighted by Crippen LogP contribution is -2.23. The van der Waals surface area contributed by atoms with Gasteiger partial charge in [0.1, 0.15) is 5.75 Å². The van der Waals surface area contributed by atoms with Crippen molar-refractivity contribution >= 4 is 5.91 Å². The van der Waals surface area contributed by atoms with Crippen LogP contribution in [-0.2, 0) is 13.1 Å². The van der Waals surface area contributed by atoms with Gasteiger partial charge in [0, 0.05) is 29.7 Å². The number of hydrogen-bond acceptors (Lipinski definition) is 3. The molecule has 0 fully saturated rings. The zero-order chi connectivity index (χ0) is 18.5. The summed E-state index contributed by atoms with van der Waals surface area (Å²) in [6, 6.07) is 15.5. The molecule has 0 aliphatic carbocycles. The van der Waals surface area contributed by atoms with Gasteiger partial charge in [-0.3, -0.25) is 9.78 Å². The zero-order valence-corrected chi connectivity index (χ0v) is 15.3. The number of para-hydroxylation sites is 1. The molecule has 0 aliphatic heterocycles. The van der Waals surface area contributed by atoms with E-state index in [4.69, 9.17) is 4.74 Å². The van der Waals surface area contributed by atoms with Crippen LogP contribution in [0.2, 0.25) is 0 Å². The van der Waals surface area contributed by atoms with Gasteiger partial charge in [0.2, 0.25) is 0 Å². The Morgan fingerprint density at radius 2 is 1.92 bits per heavy atom. The topological polar surface area (TPSA) is 56.1 Å². The first kappa shape index (κ1) is 17.7. The molecule has 1 N–H and O–H groups in total. The van der Waals surface area contributed by atoms with Crippen LogP contribution in [-0.4, -0.2) is 22.6 Å². The van der Waals surface area contributed by atoms with Crippen molar-refractivity contribution in [2.45, 2.75) is 26.9 Å². The summed E-state index contributed by atoms with van der Waals surface area (Å²) in [6.45, 7) is 5.05. The molecule has 0 aliphatic rings. The molecule has 0 spiro atoms. The number of nitrogens with zero attached hydrogens (tertiary/aromatic N) is 2. The third kappa shape index (κ3) is 3.77. The van der Waals surface area contributed by atoms with Gasteiger partial charge in [-0.25, -0.2) is 0 Å². The second-order valence-corrected chi connectivity index (χ2v) is 6.19. The van der Waals surface area contributed by atoms with Crippen LogP contribution in [0.1, 0.15) is 33.0 Å². The summed E-state index contributed by atoms with van der Waals surface area (Å²) >= 11 is 0. The Morgan fingerprint density at radius 3 is 2.65 bits per heavy atom. The molecule has 5 heteroatoms.